The molecule has 0 saturated carbocycles. The highest BCUT2D eigenvalue weighted by molar-refractivity contribution is 5.81. The van der Waals surface area contributed by atoms with E-state index in [1.807, 2.05) is 18.5 Å². The van der Waals surface area contributed by atoms with E-state index in [1.54, 1.807) is 0 Å². The van der Waals surface area contributed by atoms with Crippen LogP contribution >= 0.6 is 0 Å². The van der Waals surface area contributed by atoms with Gasteiger partial charge in [-0.2, -0.15) is 4.98 Å². The summed E-state index contributed by atoms with van der Waals surface area (Å²) in [6.45, 7) is 1.64. The van der Waals surface area contributed by atoms with Crippen LogP contribution in [-0.2, 0) is 13.0 Å². The molecule has 0 spiro atoms. The molecule has 0 amide bonds. The molecule has 1 N–H and O–H groups in total. The second-order valence-electron chi connectivity index (χ2n) is 4.32. The SMILES string of the molecule is c1cc2cc(CNCCc3ncno3)ccc2cn1. The summed E-state index contributed by atoms with van der Waals surface area (Å²) in [5.74, 6) is 0.664. The number of rotatable bonds is 5. The summed E-state index contributed by atoms with van der Waals surface area (Å²) in [7, 11) is 0. The molecule has 0 saturated heterocycles. The van der Waals surface area contributed by atoms with Gasteiger partial charge in [-0.05, 0) is 23.1 Å². The van der Waals surface area contributed by atoms with Crippen molar-refractivity contribution >= 4 is 10.8 Å². The van der Waals surface area contributed by atoms with Gasteiger partial charge in [0.25, 0.3) is 0 Å². The molecule has 0 aliphatic rings. The number of hydrogen-bond acceptors (Lipinski definition) is 5. The van der Waals surface area contributed by atoms with Crippen molar-refractivity contribution in [3.63, 3.8) is 0 Å². The van der Waals surface area contributed by atoms with Gasteiger partial charge in [0.15, 0.2) is 6.33 Å². The first-order chi connectivity index (χ1) is 9.42. The number of fused-ring (bicyclic) bond motifs is 1. The van der Waals surface area contributed by atoms with Gasteiger partial charge < -0.3 is 9.84 Å². The first kappa shape index (κ1) is 11.8. The minimum absolute atomic E-state index is 0.664. The largest absolute Gasteiger partial charge is 0.340 e. The van der Waals surface area contributed by atoms with E-state index in [9.17, 15) is 0 Å². The lowest BCUT2D eigenvalue weighted by Gasteiger charge is -2.05. The van der Waals surface area contributed by atoms with Crippen LogP contribution in [0.15, 0.2) is 47.5 Å². The quantitative estimate of drug-likeness (QED) is 0.705. The lowest BCUT2D eigenvalue weighted by Crippen LogP contribution is -2.16. The fourth-order valence-electron chi connectivity index (χ4n) is 1.98. The highest BCUT2D eigenvalue weighted by Crippen LogP contribution is 2.14. The third-order valence-electron chi connectivity index (χ3n) is 2.96. The molecule has 96 valence electrons. The molecule has 0 unspecified atom stereocenters. The average Bonchev–Trinajstić information content (AvgIpc) is 2.97. The highest BCUT2D eigenvalue weighted by Gasteiger charge is 1.99. The molecule has 0 bridgehead atoms. The van der Waals surface area contributed by atoms with Gasteiger partial charge in [0.2, 0.25) is 5.89 Å². The fourth-order valence-corrected chi connectivity index (χ4v) is 1.98. The third-order valence-corrected chi connectivity index (χ3v) is 2.96. The number of benzene rings is 1. The lowest BCUT2D eigenvalue weighted by molar-refractivity contribution is 0.375. The number of aromatic nitrogens is 3. The van der Waals surface area contributed by atoms with E-state index in [-0.39, 0.29) is 0 Å². The van der Waals surface area contributed by atoms with E-state index in [4.69, 9.17) is 4.52 Å². The van der Waals surface area contributed by atoms with Crippen molar-refractivity contribution in [3.05, 3.63) is 54.4 Å². The van der Waals surface area contributed by atoms with Crippen molar-refractivity contribution in [2.24, 2.45) is 0 Å². The Morgan fingerprint density at radius 2 is 2.16 bits per heavy atom. The van der Waals surface area contributed by atoms with Gasteiger partial charge in [-0.25, -0.2) is 0 Å². The first-order valence-corrected chi connectivity index (χ1v) is 6.21. The summed E-state index contributed by atoms with van der Waals surface area (Å²) >= 11 is 0. The normalized spacial score (nSPS) is 10.9. The summed E-state index contributed by atoms with van der Waals surface area (Å²) in [6.07, 6.45) is 5.86. The maximum absolute atomic E-state index is 4.94. The molecule has 19 heavy (non-hydrogen) atoms. The van der Waals surface area contributed by atoms with Gasteiger partial charge in [-0.1, -0.05) is 17.3 Å². The Bertz CT molecular complexity index is 651. The van der Waals surface area contributed by atoms with Crippen LogP contribution in [-0.4, -0.2) is 21.7 Å². The van der Waals surface area contributed by atoms with E-state index in [1.165, 1.54) is 17.3 Å². The first-order valence-electron chi connectivity index (χ1n) is 6.21. The zero-order valence-corrected chi connectivity index (χ0v) is 10.4. The van der Waals surface area contributed by atoms with Crippen molar-refractivity contribution in [2.75, 3.05) is 6.54 Å². The highest BCUT2D eigenvalue weighted by atomic mass is 16.5. The molecular formula is C14H14N4O. The monoisotopic (exact) mass is 254 g/mol. The van der Waals surface area contributed by atoms with Crippen LogP contribution in [0, 0.1) is 0 Å². The van der Waals surface area contributed by atoms with Crippen molar-refractivity contribution in [1.82, 2.24) is 20.4 Å². The van der Waals surface area contributed by atoms with Crippen molar-refractivity contribution in [2.45, 2.75) is 13.0 Å². The van der Waals surface area contributed by atoms with Crippen molar-refractivity contribution < 1.29 is 4.52 Å². The molecule has 0 radical (unpaired) electrons. The Morgan fingerprint density at radius 1 is 1.16 bits per heavy atom. The molecule has 5 heteroatoms. The van der Waals surface area contributed by atoms with Crippen molar-refractivity contribution in [1.29, 1.82) is 0 Å². The van der Waals surface area contributed by atoms with E-state index in [0.717, 1.165) is 24.9 Å². The topological polar surface area (TPSA) is 63.8 Å². The van der Waals surface area contributed by atoms with Crippen LogP contribution in [0.4, 0.5) is 0 Å². The molecular weight excluding hydrogens is 240 g/mol. The van der Waals surface area contributed by atoms with E-state index >= 15 is 0 Å². The Balaban J connectivity index is 1.56. The standard InChI is InChI=1S/C14H14N4O/c1-2-13-9-16-5-3-12(13)7-11(1)8-15-6-4-14-17-10-18-19-14/h1-3,5,7,9-10,15H,4,6,8H2. The number of hydrogen-bond donors (Lipinski definition) is 1. The second kappa shape index (κ2) is 5.58. The van der Waals surface area contributed by atoms with Gasteiger partial charge in [0.05, 0.1) is 0 Å². The molecule has 3 rings (SSSR count). The summed E-state index contributed by atoms with van der Waals surface area (Å²) < 4.78 is 4.94. The number of nitrogens with one attached hydrogen (secondary N) is 1. The van der Waals surface area contributed by atoms with Gasteiger partial charge in [-0.15, -0.1) is 0 Å². The molecule has 0 atom stereocenters. The van der Waals surface area contributed by atoms with Crippen LogP contribution in [0.3, 0.4) is 0 Å². The minimum atomic E-state index is 0.664. The number of nitrogens with zero attached hydrogens (tertiary/aromatic N) is 3. The summed E-state index contributed by atoms with van der Waals surface area (Å²) in [5, 5.41) is 9.31. The van der Waals surface area contributed by atoms with E-state index in [0.29, 0.717) is 5.89 Å². The van der Waals surface area contributed by atoms with Crippen LogP contribution in [0.5, 0.6) is 0 Å². The molecule has 1 aromatic carbocycles. The smallest absolute Gasteiger partial charge is 0.227 e. The van der Waals surface area contributed by atoms with E-state index < -0.39 is 0 Å². The molecule has 2 heterocycles. The summed E-state index contributed by atoms with van der Waals surface area (Å²) in [5.41, 5.74) is 1.25. The Kier molecular flexibility index (Phi) is 3.47. The lowest BCUT2D eigenvalue weighted by atomic mass is 10.1. The maximum atomic E-state index is 4.94. The molecule has 0 aliphatic carbocycles. The Hall–Kier alpha value is -2.27. The molecule has 3 aromatic rings. The van der Waals surface area contributed by atoms with Gasteiger partial charge in [-0.3, -0.25) is 4.98 Å². The molecule has 0 fully saturated rings. The van der Waals surface area contributed by atoms with Crippen LogP contribution in [0.1, 0.15) is 11.5 Å². The molecule has 2 aromatic heterocycles. The minimum Gasteiger partial charge on any atom is -0.340 e. The maximum Gasteiger partial charge on any atom is 0.227 e. The average molecular weight is 254 g/mol. The predicted octanol–water partition coefficient (Wildman–Crippen LogP) is 1.95. The van der Waals surface area contributed by atoms with Gasteiger partial charge >= 0.3 is 0 Å². The number of pyridine rings is 1. The zero-order valence-electron chi connectivity index (χ0n) is 10.4. The van der Waals surface area contributed by atoms with Crippen LogP contribution < -0.4 is 5.32 Å². The summed E-state index contributed by atoms with van der Waals surface area (Å²) in [6, 6.07) is 8.41. The van der Waals surface area contributed by atoms with Crippen LogP contribution in [0.25, 0.3) is 10.8 Å². The third kappa shape index (κ3) is 2.95. The zero-order chi connectivity index (χ0) is 12.9. The molecule has 5 nitrogen and oxygen atoms in total. The molecule has 0 aliphatic heterocycles. The van der Waals surface area contributed by atoms with Gasteiger partial charge in [0, 0.05) is 37.3 Å². The van der Waals surface area contributed by atoms with Crippen molar-refractivity contribution in [3.8, 4) is 0 Å². The van der Waals surface area contributed by atoms with Gasteiger partial charge in [0.1, 0.15) is 0 Å². The van der Waals surface area contributed by atoms with E-state index in [2.05, 4.69) is 38.6 Å². The summed E-state index contributed by atoms with van der Waals surface area (Å²) in [4.78, 5) is 8.08. The Labute approximate surface area is 110 Å². The predicted molar refractivity (Wildman–Crippen MR) is 71.5 cm³/mol. The Morgan fingerprint density at radius 3 is 3.05 bits per heavy atom. The van der Waals surface area contributed by atoms with Crippen LogP contribution in [0.2, 0.25) is 0 Å². The second-order valence-corrected chi connectivity index (χ2v) is 4.32. The fraction of sp³-hybridized carbons (Fsp3) is 0.214.